The summed E-state index contributed by atoms with van der Waals surface area (Å²) in [6, 6.07) is 5.33. The summed E-state index contributed by atoms with van der Waals surface area (Å²) in [7, 11) is 0. The van der Waals surface area contributed by atoms with Gasteiger partial charge in [-0.1, -0.05) is 11.6 Å². The smallest absolute Gasteiger partial charge is 0.0934 e. The van der Waals surface area contributed by atoms with Crippen LogP contribution in [0.3, 0.4) is 0 Å². The highest BCUT2D eigenvalue weighted by atomic mass is 35.5. The Morgan fingerprint density at radius 1 is 1.32 bits per heavy atom. The van der Waals surface area contributed by atoms with E-state index in [0.717, 1.165) is 4.34 Å². The number of rotatable bonds is 3. The number of thiophene rings is 2. The van der Waals surface area contributed by atoms with E-state index in [0.29, 0.717) is 12.1 Å². The number of hydrogen-bond donors (Lipinski definition) is 1. The second kappa shape index (κ2) is 5.21. The number of aryl methyl sites for hydroxylation is 3. The van der Waals surface area contributed by atoms with Gasteiger partial charge in [0.2, 0.25) is 0 Å². The zero-order valence-corrected chi connectivity index (χ0v) is 13.8. The first kappa shape index (κ1) is 13.6. The fourth-order valence-electron chi connectivity index (χ4n) is 2.98. The van der Waals surface area contributed by atoms with Crippen LogP contribution in [0.1, 0.15) is 51.2 Å². The van der Waals surface area contributed by atoms with Crippen LogP contribution in [0.4, 0.5) is 0 Å². The van der Waals surface area contributed by atoms with Crippen LogP contribution in [0.15, 0.2) is 12.1 Å². The van der Waals surface area contributed by atoms with Crippen molar-refractivity contribution in [1.29, 1.82) is 0 Å². The lowest BCUT2D eigenvalue weighted by Crippen LogP contribution is -2.22. The monoisotopic (exact) mass is 311 g/mol. The van der Waals surface area contributed by atoms with Gasteiger partial charge in [-0.25, -0.2) is 0 Å². The van der Waals surface area contributed by atoms with Crippen molar-refractivity contribution in [3.05, 3.63) is 42.2 Å². The molecule has 1 aliphatic rings. The van der Waals surface area contributed by atoms with Crippen molar-refractivity contribution in [1.82, 2.24) is 5.32 Å². The van der Waals surface area contributed by atoms with E-state index in [2.05, 4.69) is 38.2 Å². The number of nitrogens with one attached hydrogen (secondary N) is 1. The maximum atomic E-state index is 6.12. The molecule has 102 valence electrons. The fourth-order valence-corrected chi connectivity index (χ4v) is 5.35. The third-order valence-corrected chi connectivity index (χ3v) is 6.17. The van der Waals surface area contributed by atoms with Crippen LogP contribution in [0.2, 0.25) is 4.34 Å². The molecule has 19 heavy (non-hydrogen) atoms. The number of fused-ring (bicyclic) bond motifs is 1. The number of halogens is 1. The molecule has 3 rings (SSSR count). The molecule has 2 aromatic heterocycles. The van der Waals surface area contributed by atoms with Crippen LogP contribution in [-0.4, -0.2) is 0 Å². The zero-order valence-electron chi connectivity index (χ0n) is 11.4. The average molecular weight is 312 g/mol. The van der Waals surface area contributed by atoms with E-state index in [1.807, 2.05) is 11.3 Å². The van der Waals surface area contributed by atoms with Crippen molar-refractivity contribution in [3.8, 4) is 0 Å². The average Bonchev–Trinajstić information content (AvgIpc) is 2.95. The molecule has 0 aromatic carbocycles. The predicted molar refractivity (Wildman–Crippen MR) is 85.7 cm³/mol. The summed E-state index contributed by atoms with van der Waals surface area (Å²) in [5, 5.41) is 3.77. The second-order valence-electron chi connectivity index (χ2n) is 5.28. The van der Waals surface area contributed by atoms with E-state index in [4.69, 9.17) is 11.6 Å². The summed E-state index contributed by atoms with van der Waals surface area (Å²) >= 11 is 9.74. The Hall–Kier alpha value is -0.350. The molecule has 1 N–H and O–H groups in total. The molecule has 2 aromatic rings. The lowest BCUT2D eigenvalue weighted by molar-refractivity contribution is 0.464. The zero-order chi connectivity index (χ0) is 13.6. The maximum Gasteiger partial charge on any atom is 0.0934 e. The predicted octanol–water partition coefficient (Wildman–Crippen LogP) is 5.42. The molecule has 0 saturated carbocycles. The molecule has 1 aliphatic carbocycles. The third kappa shape index (κ3) is 2.62. The summed E-state index contributed by atoms with van der Waals surface area (Å²) in [6.07, 6.45) is 2.36. The van der Waals surface area contributed by atoms with Crippen molar-refractivity contribution >= 4 is 34.3 Å². The highest BCUT2D eigenvalue weighted by Gasteiger charge is 2.26. The standard InChI is InChI=1S/C15H18ClNS2/c1-8-6-11(10(3)18-8)9(2)17-13-4-5-14-12(13)7-15(16)19-14/h6-7,9,13,17H,4-5H2,1-3H3. The topological polar surface area (TPSA) is 12.0 Å². The molecule has 0 aliphatic heterocycles. The van der Waals surface area contributed by atoms with Crippen LogP contribution >= 0.6 is 34.3 Å². The summed E-state index contributed by atoms with van der Waals surface area (Å²) in [6.45, 7) is 6.66. The van der Waals surface area contributed by atoms with Crippen LogP contribution in [0.25, 0.3) is 0 Å². The van der Waals surface area contributed by atoms with Gasteiger partial charge in [0.1, 0.15) is 0 Å². The molecule has 2 unspecified atom stereocenters. The Kier molecular flexibility index (Phi) is 3.73. The van der Waals surface area contributed by atoms with Crippen LogP contribution in [0, 0.1) is 13.8 Å². The van der Waals surface area contributed by atoms with Crippen molar-refractivity contribution in [2.45, 2.75) is 45.7 Å². The van der Waals surface area contributed by atoms with Crippen molar-refractivity contribution < 1.29 is 0 Å². The summed E-state index contributed by atoms with van der Waals surface area (Å²) < 4.78 is 0.923. The minimum absolute atomic E-state index is 0.402. The summed E-state index contributed by atoms with van der Waals surface area (Å²) in [4.78, 5) is 4.29. The molecule has 0 spiro atoms. The van der Waals surface area contributed by atoms with Gasteiger partial charge in [-0.2, -0.15) is 0 Å². The molecule has 2 atom stereocenters. The maximum absolute atomic E-state index is 6.12. The van der Waals surface area contributed by atoms with Crippen molar-refractivity contribution in [3.63, 3.8) is 0 Å². The summed E-state index contributed by atoms with van der Waals surface area (Å²) in [5.74, 6) is 0. The lowest BCUT2D eigenvalue weighted by atomic mass is 10.1. The first-order valence-corrected chi connectivity index (χ1v) is 8.66. The largest absolute Gasteiger partial charge is 0.303 e. The van der Waals surface area contributed by atoms with E-state index in [9.17, 15) is 0 Å². The SMILES string of the molecule is Cc1cc(C(C)NC2CCc3sc(Cl)cc32)c(C)s1. The molecule has 0 bridgehead atoms. The molecule has 0 fully saturated rings. The van der Waals surface area contributed by atoms with Gasteiger partial charge in [0.25, 0.3) is 0 Å². The molecule has 2 heterocycles. The quantitative estimate of drug-likeness (QED) is 0.798. The minimum Gasteiger partial charge on any atom is -0.303 e. The molecule has 1 nitrogen and oxygen atoms in total. The van der Waals surface area contributed by atoms with E-state index in [1.54, 1.807) is 11.3 Å². The van der Waals surface area contributed by atoms with Crippen LogP contribution in [0.5, 0.6) is 0 Å². The molecular weight excluding hydrogens is 294 g/mol. The van der Waals surface area contributed by atoms with Gasteiger partial charge in [-0.05, 0) is 56.9 Å². The van der Waals surface area contributed by atoms with Crippen molar-refractivity contribution in [2.75, 3.05) is 0 Å². The van der Waals surface area contributed by atoms with Gasteiger partial charge in [-0.3, -0.25) is 0 Å². The van der Waals surface area contributed by atoms with Gasteiger partial charge in [-0.15, -0.1) is 22.7 Å². The highest BCUT2D eigenvalue weighted by molar-refractivity contribution is 7.16. The Labute approximate surface area is 127 Å². The van der Waals surface area contributed by atoms with E-state index < -0.39 is 0 Å². The molecular formula is C15H18ClNS2. The Bertz CT molecular complexity index is 599. The first-order valence-electron chi connectivity index (χ1n) is 6.65. The second-order valence-corrected chi connectivity index (χ2v) is 8.51. The highest BCUT2D eigenvalue weighted by Crippen LogP contribution is 2.40. The molecule has 0 radical (unpaired) electrons. The van der Waals surface area contributed by atoms with Gasteiger partial charge in [0.15, 0.2) is 0 Å². The minimum atomic E-state index is 0.402. The Balaban J connectivity index is 1.77. The van der Waals surface area contributed by atoms with Gasteiger partial charge in [0.05, 0.1) is 4.34 Å². The Morgan fingerprint density at radius 3 is 2.79 bits per heavy atom. The van der Waals surface area contributed by atoms with Gasteiger partial charge in [0, 0.05) is 26.7 Å². The third-order valence-electron chi connectivity index (χ3n) is 3.84. The lowest BCUT2D eigenvalue weighted by Gasteiger charge is -2.20. The Morgan fingerprint density at radius 2 is 2.11 bits per heavy atom. The fraction of sp³-hybridized carbons (Fsp3) is 0.467. The molecule has 4 heteroatoms. The van der Waals surface area contributed by atoms with E-state index >= 15 is 0 Å². The van der Waals surface area contributed by atoms with Crippen molar-refractivity contribution in [2.24, 2.45) is 0 Å². The first-order chi connectivity index (χ1) is 9.04. The van der Waals surface area contributed by atoms with E-state index in [-0.39, 0.29) is 0 Å². The van der Waals surface area contributed by atoms with Gasteiger partial charge < -0.3 is 5.32 Å². The normalized spacial score (nSPS) is 19.7. The molecule has 0 saturated heterocycles. The molecule has 0 amide bonds. The van der Waals surface area contributed by atoms with Crippen LogP contribution in [-0.2, 0) is 6.42 Å². The van der Waals surface area contributed by atoms with Crippen LogP contribution < -0.4 is 5.32 Å². The van der Waals surface area contributed by atoms with Gasteiger partial charge >= 0.3 is 0 Å². The number of hydrogen-bond acceptors (Lipinski definition) is 3. The summed E-state index contributed by atoms with van der Waals surface area (Å²) in [5.41, 5.74) is 2.86. The van der Waals surface area contributed by atoms with E-state index in [1.165, 1.54) is 38.6 Å².